The molecule has 0 aromatic carbocycles. The Morgan fingerprint density at radius 1 is 1.31 bits per heavy atom. The standard InChI is InChI=1S/C13H26N2O/c1-3-10-15(11-4-5-12(2)16)13-6-8-14-9-7-13/h13-14H,3-11H2,1-2H3. The summed E-state index contributed by atoms with van der Waals surface area (Å²) in [6, 6.07) is 0.744. The van der Waals surface area contributed by atoms with Gasteiger partial charge in [0.25, 0.3) is 0 Å². The quantitative estimate of drug-likeness (QED) is 0.718. The van der Waals surface area contributed by atoms with E-state index in [0.29, 0.717) is 5.78 Å². The van der Waals surface area contributed by atoms with Crippen molar-refractivity contribution in [3.8, 4) is 0 Å². The van der Waals surface area contributed by atoms with Crippen molar-refractivity contribution in [2.45, 2.75) is 52.0 Å². The molecule has 0 bridgehead atoms. The van der Waals surface area contributed by atoms with Crippen molar-refractivity contribution in [2.75, 3.05) is 26.2 Å². The van der Waals surface area contributed by atoms with Crippen LogP contribution in [0.5, 0.6) is 0 Å². The highest BCUT2D eigenvalue weighted by molar-refractivity contribution is 5.75. The Bertz CT molecular complexity index is 200. The topological polar surface area (TPSA) is 32.3 Å². The third kappa shape index (κ3) is 5.08. The molecule has 0 atom stereocenters. The molecule has 3 heteroatoms. The second-order valence-corrected chi connectivity index (χ2v) is 4.82. The van der Waals surface area contributed by atoms with Gasteiger partial charge in [-0.15, -0.1) is 0 Å². The molecule has 16 heavy (non-hydrogen) atoms. The molecule has 0 spiro atoms. The average molecular weight is 226 g/mol. The van der Waals surface area contributed by atoms with Gasteiger partial charge in [-0.3, -0.25) is 0 Å². The van der Waals surface area contributed by atoms with Gasteiger partial charge in [-0.05, 0) is 58.8 Å². The van der Waals surface area contributed by atoms with Crippen LogP contribution in [0.4, 0.5) is 0 Å². The van der Waals surface area contributed by atoms with Gasteiger partial charge in [-0.1, -0.05) is 6.92 Å². The summed E-state index contributed by atoms with van der Waals surface area (Å²) in [7, 11) is 0. The van der Waals surface area contributed by atoms with E-state index in [1.807, 2.05) is 0 Å². The van der Waals surface area contributed by atoms with Crippen LogP contribution in [0.3, 0.4) is 0 Å². The van der Waals surface area contributed by atoms with Crippen molar-refractivity contribution in [1.82, 2.24) is 10.2 Å². The molecular formula is C13H26N2O. The number of Topliss-reactive ketones (excluding diaryl/α,β-unsaturated/α-hetero) is 1. The SMILES string of the molecule is CCCN(CCCC(C)=O)C1CCNCC1. The molecule has 0 unspecified atom stereocenters. The molecule has 1 rings (SSSR count). The number of piperidine rings is 1. The minimum atomic E-state index is 0.321. The molecule has 0 aliphatic carbocycles. The van der Waals surface area contributed by atoms with Gasteiger partial charge in [0.05, 0.1) is 0 Å². The van der Waals surface area contributed by atoms with Gasteiger partial charge in [0.1, 0.15) is 5.78 Å². The zero-order valence-corrected chi connectivity index (χ0v) is 10.8. The normalized spacial score (nSPS) is 17.9. The molecule has 1 saturated heterocycles. The Morgan fingerprint density at radius 3 is 2.56 bits per heavy atom. The third-order valence-corrected chi connectivity index (χ3v) is 3.31. The summed E-state index contributed by atoms with van der Waals surface area (Å²) < 4.78 is 0. The van der Waals surface area contributed by atoms with Gasteiger partial charge in [0.15, 0.2) is 0 Å². The van der Waals surface area contributed by atoms with Gasteiger partial charge in [0.2, 0.25) is 0 Å². The lowest BCUT2D eigenvalue weighted by Crippen LogP contribution is -2.43. The number of nitrogens with one attached hydrogen (secondary N) is 1. The maximum absolute atomic E-state index is 10.9. The first-order chi connectivity index (χ1) is 7.74. The Hall–Kier alpha value is -0.410. The van der Waals surface area contributed by atoms with Crippen molar-refractivity contribution >= 4 is 5.78 Å². The van der Waals surface area contributed by atoms with Crippen molar-refractivity contribution in [1.29, 1.82) is 0 Å². The summed E-state index contributed by atoms with van der Waals surface area (Å²) in [5.74, 6) is 0.321. The molecule has 0 amide bonds. The molecule has 0 radical (unpaired) electrons. The van der Waals surface area contributed by atoms with E-state index in [9.17, 15) is 4.79 Å². The van der Waals surface area contributed by atoms with Crippen molar-refractivity contribution in [3.05, 3.63) is 0 Å². The first kappa shape index (κ1) is 13.7. The molecule has 94 valence electrons. The van der Waals surface area contributed by atoms with E-state index >= 15 is 0 Å². The summed E-state index contributed by atoms with van der Waals surface area (Å²) in [5.41, 5.74) is 0. The maximum atomic E-state index is 10.9. The number of carbonyl (C=O) groups excluding carboxylic acids is 1. The van der Waals surface area contributed by atoms with Crippen LogP contribution in [0.1, 0.15) is 46.0 Å². The van der Waals surface area contributed by atoms with Crippen molar-refractivity contribution in [2.24, 2.45) is 0 Å². The summed E-state index contributed by atoms with van der Waals surface area (Å²) in [6.45, 7) is 8.50. The van der Waals surface area contributed by atoms with Gasteiger partial charge >= 0.3 is 0 Å². The van der Waals surface area contributed by atoms with Gasteiger partial charge < -0.3 is 15.0 Å². The van der Waals surface area contributed by atoms with Crippen LogP contribution in [-0.2, 0) is 4.79 Å². The molecule has 1 aliphatic rings. The zero-order valence-electron chi connectivity index (χ0n) is 10.8. The van der Waals surface area contributed by atoms with Crippen LogP contribution in [0.15, 0.2) is 0 Å². The molecule has 3 nitrogen and oxygen atoms in total. The lowest BCUT2D eigenvalue weighted by atomic mass is 10.0. The van der Waals surface area contributed by atoms with E-state index in [2.05, 4.69) is 17.1 Å². The van der Waals surface area contributed by atoms with E-state index in [1.54, 1.807) is 6.92 Å². The summed E-state index contributed by atoms with van der Waals surface area (Å²) in [5, 5.41) is 3.41. The number of carbonyl (C=O) groups is 1. The van der Waals surface area contributed by atoms with Crippen LogP contribution >= 0.6 is 0 Å². The fourth-order valence-electron chi connectivity index (χ4n) is 2.47. The number of rotatable bonds is 7. The largest absolute Gasteiger partial charge is 0.317 e. The zero-order chi connectivity index (χ0) is 11.8. The molecule has 1 N–H and O–H groups in total. The average Bonchev–Trinajstić information content (AvgIpc) is 2.29. The number of ketones is 1. The van der Waals surface area contributed by atoms with E-state index < -0.39 is 0 Å². The number of hydrogen-bond donors (Lipinski definition) is 1. The molecule has 0 aromatic heterocycles. The van der Waals surface area contributed by atoms with E-state index in [1.165, 1.54) is 25.8 Å². The first-order valence-corrected chi connectivity index (χ1v) is 6.68. The van der Waals surface area contributed by atoms with Crippen molar-refractivity contribution in [3.63, 3.8) is 0 Å². The molecule has 1 heterocycles. The number of nitrogens with zero attached hydrogens (tertiary/aromatic N) is 1. The van der Waals surface area contributed by atoms with E-state index in [4.69, 9.17) is 0 Å². The van der Waals surface area contributed by atoms with Crippen molar-refractivity contribution < 1.29 is 4.79 Å². The molecule has 1 aliphatic heterocycles. The van der Waals surface area contributed by atoms with Crippen LogP contribution in [-0.4, -0.2) is 42.9 Å². The Morgan fingerprint density at radius 2 is 2.00 bits per heavy atom. The minimum Gasteiger partial charge on any atom is -0.317 e. The highest BCUT2D eigenvalue weighted by Gasteiger charge is 2.19. The molecule has 0 aromatic rings. The maximum Gasteiger partial charge on any atom is 0.129 e. The van der Waals surface area contributed by atoms with Crippen LogP contribution in [0.2, 0.25) is 0 Å². The Balaban J connectivity index is 2.30. The third-order valence-electron chi connectivity index (χ3n) is 3.31. The Kier molecular flexibility index (Phi) is 6.65. The highest BCUT2D eigenvalue weighted by atomic mass is 16.1. The monoisotopic (exact) mass is 226 g/mol. The lowest BCUT2D eigenvalue weighted by molar-refractivity contribution is -0.117. The van der Waals surface area contributed by atoms with Crippen LogP contribution in [0, 0.1) is 0 Å². The predicted molar refractivity (Wildman–Crippen MR) is 67.7 cm³/mol. The van der Waals surface area contributed by atoms with Gasteiger partial charge in [-0.25, -0.2) is 0 Å². The van der Waals surface area contributed by atoms with Crippen LogP contribution in [0.25, 0.3) is 0 Å². The van der Waals surface area contributed by atoms with Gasteiger partial charge in [0, 0.05) is 12.5 Å². The molecule has 0 saturated carbocycles. The Labute approximate surface area is 99.6 Å². The molecular weight excluding hydrogens is 200 g/mol. The highest BCUT2D eigenvalue weighted by Crippen LogP contribution is 2.13. The minimum absolute atomic E-state index is 0.321. The summed E-state index contributed by atoms with van der Waals surface area (Å²) >= 11 is 0. The molecule has 1 fully saturated rings. The van der Waals surface area contributed by atoms with E-state index in [0.717, 1.165) is 38.5 Å². The number of hydrogen-bond acceptors (Lipinski definition) is 3. The summed E-state index contributed by atoms with van der Waals surface area (Å²) in [6.07, 6.45) is 5.51. The smallest absolute Gasteiger partial charge is 0.129 e. The fourth-order valence-corrected chi connectivity index (χ4v) is 2.47. The lowest BCUT2D eigenvalue weighted by Gasteiger charge is -2.34. The second kappa shape index (κ2) is 7.80. The van der Waals surface area contributed by atoms with Crippen LogP contribution < -0.4 is 5.32 Å². The van der Waals surface area contributed by atoms with E-state index in [-0.39, 0.29) is 0 Å². The first-order valence-electron chi connectivity index (χ1n) is 6.68. The predicted octanol–water partition coefficient (Wildman–Crippen LogP) is 1.82. The summed E-state index contributed by atoms with van der Waals surface area (Å²) in [4.78, 5) is 13.5. The second-order valence-electron chi connectivity index (χ2n) is 4.82. The fraction of sp³-hybridized carbons (Fsp3) is 0.923. The van der Waals surface area contributed by atoms with Gasteiger partial charge in [-0.2, -0.15) is 0 Å².